The van der Waals surface area contributed by atoms with Crippen LogP contribution in [0.1, 0.15) is 29.3 Å². The fourth-order valence-corrected chi connectivity index (χ4v) is 2.60. The minimum atomic E-state index is -0.666. The molecule has 1 aromatic rings. The van der Waals surface area contributed by atoms with Gasteiger partial charge in [0.15, 0.2) is 0 Å². The number of thioether (sulfide) groups is 1. The summed E-state index contributed by atoms with van der Waals surface area (Å²) in [5.74, 6) is 0.0292. The van der Waals surface area contributed by atoms with E-state index in [0.29, 0.717) is 19.5 Å². The Morgan fingerprint density at radius 1 is 1.50 bits per heavy atom. The summed E-state index contributed by atoms with van der Waals surface area (Å²) < 4.78 is 0. The van der Waals surface area contributed by atoms with Crippen molar-refractivity contribution in [3.63, 3.8) is 0 Å². The van der Waals surface area contributed by atoms with Gasteiger partial charge in [0, 0.05) is 10.5 Å². The van der Waals surface area contributed by atoms with Gasteiger partial charge in [0.25, 0.3) is 5.91 Å². The number of rotatable bonds is 3. The summed E-state index contributed by atoms with van der Waals surface area (Å²) in [5, 5.41) is 9.96. The third-order valence-corrected chi connectivity index (χ3v) is 4.32. The summed E-state index contributed by atoms with van der Waals surface area (Å²) in [7, 11) is 0. The van der Waals surface area contributed by atoms with E-state index in [-0.39, 0.29) is 5.91 Å². The number of carbonyl (C=O) groups is 1. The van der Waals surface area contributed by atoms with E-state index >= 15 is 0 Å². The van der Waals surface area contributed by atoms with Crippen molar-refractivity contribution in [1.82, 2.24) is 4.90 Å². The average molecular weight is 265 g/mol. The SMILES string of the molecule is CCC1(O)CN(C(=O)c2cc(SC)ccc2C)C1. The fraction of sp³-hybridized carbons (Fsp3) is 0.500. The molecule has 0 atom stereocenters. The number of aryl methyl sites for hydroxylation is 1. The molecule has 1 aliphatic rings. The number of amides is 1. The van der Waals surface area contributed by atoms with Crippen molar-refractivity contribution in [3.8, 4) is 0 Å². The minimum Gasteiger partial charge on any atom is -0.386 e. The highest BCUT2D eigenvalue weighted by Crippen LogP contribution is 2.27. The molecule has 98 valence electrons. The van der Waals surface area contributed by atoms with Gasteiger partial charge < -0.3 is 10.0 Å². The predicted octanol–water partition coefficient (Wildman–Crippen LogP) is 2.31. The second-order valence-corrected chi connectivity index (χ2v) is 5.80. The lowest BCUT2D eigenvalue weighted by Crippen LogP contribution is -2.63. The summed E-state index contributed by atoms with van der Waals surface area (Å²) in [6, 6.07) is 5.94. The molecule has 0 saturated carbocycles. The zero-order valence-electron chi connectivity index (χ0n) is 11.1. The molecule has 0 bridgehead atoms. The largest absolute Gasteiger partial charge is 0.386 e. The molecule has 1 fully saturated rings. The zero-order valence-corrected chi connectivity index (χ0v) is 11.9. The molecule has 18 heavy (non-hydrogen) atoms. The van der Waals surface area contributed by atoms with Crippen molar-refractivity contribution < 1.29 is 9.90 Å². The van der Waals surface area contributed by atoms with E-state index in [2.05, 4.69) is 0 Å². The molecule has 0 unspecified atom stereocenters. The van der Waals surface area contributed by atoms with E-state index in [1.165, 1.54) is 0 Å². The lowest BCUT2D eigenvalue weighted by molar-refractivity contribution is -0.0826. The predicted molar refractivity (Wildman–Crippen MR) is 74.1 cm³/mol. The average Bonchev–Trinajstić information content (AvgIpc) is 2.35. The summed E-state index contributed by atoms with van der Waals surface area (Å²) in [6.45, 7) is 4.79. The molecule has 0 radical (unpaired) electrons. The van der Waals surface area contributed by atoms with Crippen molar-refractivity contribution in [2.24, 2.45) is 0 Å². The lowest BCUT2D eigenvalue weighted by Gasteiger charge is -2.46. The number of hydrogen-bond acceptors (Lipinski definition) is 3. The molecule has 1 aromatic carbocycles. The quantitative estimate of drug-likeness (QED) is 0.853. The van der Waals surface area contributed by atoms with Crippen LogP contribution in [0, 0.1) is 6.92 Å². The number of benzene rings is 1. The highest BCUT2D eigenvalue weighted by atomic mass is 32.2. The number of aliphatic hydroxyl groups is 1. The molecule has 1 aliphatic heterocycles. The Hall–Kier alpha value is -1.00. The van der Waals surface area contributed by atoms with E-state index in [9.17, 15) is 9.90 Å². The molecular weight excluding hydrogens is 246 g/mol. The molecule has 1 N–H and O–H groups in total. The Morgan fingerprint density at radius 3 is 2.72 bits per heavy atom. The van der Waals surface area contributed by atoms with Crippen LogP contribution in [0.25, 0.3) is 0 Å². The van der Waals surface area contributed by atoms with Gasteiger partial charge in [-0.2, -0.15) is 0 Å². The molecule has 2 rings (SSSR count). The van der Waals surface area contributed by atoms with Gasteiger partial charge in [-0.1, -0.05) is 13.0 Å². The summed E-state index contributed by atoms with van der Waals surface area (Å²) in [4.78, 5) is 15.1. The van der Waals surface area contributed by atoms with Crippen LogP contribution >= 0.6 is 11.8 Å². The molecule has 1 heterocycles. The van der Waals surface area contributed by atoms with Gasteiger partial charge in [0.05, 0.1) is 18.7 Å². The van der Waals surface area contributed by atoms with Crippen molar-refractivity contribution in [2.75, 3.05) is 19.3 Å². The Kier molecular flexibility index (Phi) is 3.69. The van der Waals surface area contributed by atoms with Crippen molar-refractivity contribution in [2.45, 2.75) is 30.8 Å². The van der Waals surface area contributed by atoms with Crippen LogP contribution in [0.5, 0.6) is 0 Å². The Morgan fingerprint density at radius 2 is 2.17 bits per heavy atom. The van der Waals surface area contributed by atoms with Crippen molar-refractivity contribution >= 4 is 17.7 Å². The van der Waals surface area contributed by atoms with Crippen molar-refractivity contribution in [1.29, 1.82) is 0 Å². The Balaban J connectivity index is 2.15. The third kappa shape index (κ3) is 2.40. The van der Waals surface area contributed by atoms with E-state index in [1.54, 1.807) is 16.7 Å². The standard InChI is InChI=1S/C14H19NO2S/c1-4-14(17)8-15(9-14)13(16)12-7-11(18-3)6-5-10(12)2/h5-7,17H,4,8-9H2,1-3H3. The second kappa shape index (κ2) is 4.94. The molecule has 0 aliphatic carbocycles. The zero-order chi connectivity index (χ0) is 13.3. The van der Waals surface area contributed by atoms with E-state index in [4.69, 9.17) is 0 Å². The Labute approximate surface area is 112 Å². The Bertz CT molecular complexity index is 467. The first-order valence-electron chi connectivity index (χ1n) is 6.15. The fourth-order valence-electron chi connectivity index (χ4n) is 2.16. The van der Waals surface area contributed by atoms with E-state index in [0.717, 1.165) is 16.0 Å². The van der Waals surface area contributed by atoms with Gasteiger partial charge >= 0.3 is 0 Å². The van der Waals surface area contributed by atoms with Crippen LogP contribution in [0.4, 0.5) is 0 Å². The van der Waals surface area contributed by atoms with Crippen LogP contribution in [0.15, 0.2) is 23.1 Å². The van der Waals surface area contributed by atoms with Gasteiger partial charge in [-0.3, -0.25) is 4.79 Å². The minimum absolute atomic E-state index is 0.0292. The highest BCUT2D eigenvalue weighted by Gasteiger charge is 2.42. The molecule has 3 nitrogen and oxygen atoms in total. The molecule has 1 amide bonds. The topological polar surface area (TPSA) is 40.5 Å². The summed E-state index contributed by atoms with van der Waals surface area (Å²) in [5.41, 5.74) is 1.07. The molecule has 0 aromatic heterocycles. The van der Waals surface area contributed by atoms with E-state index < -0.39 is 5.60 Å². The molecule has 0 spiro atoms. The van der Waals surface area contributed by atoms with Gasteiger partial charge in [0.2, 0.25) is 0 Å². The first-order valence-corrected chi connectivity index (χ1v) is 7.38. The van der Waals surface area contributed by atoms with Gasteiger partial charge in [-0.15, -0.1) is 11.8 Å². The number of hydrogen-bond donors (Lipinski definition) is 1. The van der Waals surface area contributed by atoms with Crippen LogP contribution in [0.3, 0.4) is 0 Å². The van der Waals surface area contributed by atoms with Crippen molar-refractivity contribution in [3.05, 3.63) is 29.3 Å². The maximum absolute atomic E-state index is 12.3. The molecule has 1 saturated heterocycles. The number of β-amino-alcohol motifs (C(OH)–C–C–N with tert-alkyl or cyclic N) is 1. The third-order valence-electron chi connectivity index (χ3n) is 3.59. The first-order chi connectivity index (χ1) is 8.49. The lowest BCUT2D eigenvalue weighted by atomic mass is 9.90. The normalized spacial score (nSPS) is 17.4. The second-order valence-electron chi connectivity index (χ2n) is 4.92. The van der Waals surface area contributed by atoms with Gasteiger partial charge in [0.1, 0.15) is 0 Å². The summed E-state index contributed by atoms with van der Waals surface area (Å²) >= 11 is 1.63. The van der Waals surface area contributed by atoms with Gasteiger partial charge in [-0.25, -0.2) is 0 Å². The summed E-state index contributed by atoms with van der Waals surface area (Å²) in [6.07, 6.45) is 2.69. The monoisotopic (exact) mass is 265 g/mol. The number of likely N-dealkylation sites (tertiary alicyclic amines) is 1. The number of carbonyl (C=O) groups excluding carboxylic acids is 1. The van der Waals surface area contributed by atoms with Crippen LogP contribution < -0.4 is 0 Å². The highest BCUT2D eigenvalue weighted by molar-refractivity contribution is 7.98. The van der Waals surface area contributed by atoms with Crippen LogP contribution in [-0.2, 0) is 0 Å². The molecule has 4 heteroatoms. The first kappa shape index (κ1) is 13.4. The smallest absolute Gasteiger partial charge is 0.254 e. The number of nitrogens with zero attached hydrogens (tertiary/aromatic N) is 1. The van der Waals surface area contributed by atoms with Gasteiger partial charge in [-0.05, 0) is 37.3 Å². The van der Waals surface area contributed by atoms with E-state index in [1.807, 2.05) is 38.3 Å². The van der Waals surface area contributed by atoms with Crippen LogP contribution in [0.2, 0.25) is 0 Å². The molecular formula is C14H19NO2S. The maximum atomic E-state index is 12.3. The maximum Gasteiger partial charge on any atom is 0.254 e. The van der Waals surface area contributed by atoms with Crippen LogP contribution in [-0.4, -0.2) is 40.9 Å².